The molecule has 1 rings (SSSR count). The van der Waals surface area contributed by atoms with Crippen molar-refractivity contribution >= 4 is 5.97 Å². The lowest BCUT2D eigenvalue weighted by Gasteiger charge is -2.16. The number of methoxy groups -OCH3 is 1. The molecule has 1 aliphatic rings. The van der Waals surface area contributed by atoms with Gasteiger partial charge in [0.2, 0.25) is 0 Å². The van der Waals surface area contributed by atoms with Gasteiger partial charge in [0.05, 0.1) is 13.2 Å². The fraction of sp³-hybridized carbons (Fsp3) is 0.643. The van der Waals surface area contributed by atoms with E-state index in [2.05, 4.69) is 16.6 Å². The van der Waals surface area contributed by atoms with Crippen LogP contribution in [0.3, 0.4) is 0 Å². The number of carbonyl (C=O) groups is 1. The van der Waals surface area contributed by atoms with Crippen molar-refractivity contribution in [1.29, 1.82) is 0 Å². The third-order valence-electron chi connectivity index (χ3n) is 2.52. The molecule has 0 unspecified atom stereocenters. The molecule has 0 amide bonds. The van der Waals surface area contributed by atoms with Gasteiger partial charge in [-0.1, -0.05) is 17.9 Å². The summed E-state index contributed by atoms with van der Waals surface area (Å²) < 4.78 is 16.0. The Kier molecular flexibility index (Phi) is 5.39. The molecule has 1 aliphatic heterocycles. The van der Waals surface area contributed by atoms with Gasteiger partial charge in [0, 0.05) is 6.42 Å². The molecule has 1 fully saturated rings. The van der Waals surface area contributed by atoms with Gasteiger partial charge in [-0.05, 0) is 33.3 Å². The van der Waals surface area contributed by atoms with Crippen LogP contribution >= 0.6 is 0 Å². The number of esters is 1. The molecule has 0 bridgehead atoms. The van der Waals surface area contributed by atoms with Crippen molar-refractivity contribution in [2.75, 3.05) is 7.11 Å². The molecule has 0 N–H and O–H groups in total. The normalized spacial score (nSPS) is 25.8. The van der Waals surface area contributed by atoms with E-state index in [0.717, 1.165) is 0 Å². The second-order valence-corrected chi connectivity index (χ2v) is 4.50. The highest BCUT2D eigenvalue weighted by Crippen LogP contribution is 2.30. The van der Waals surface area contributed by atoms with Crippen molar-refractivity contribution in [3.05, 3.63) is 12.2 Å². The molecule has 0 saturated carbocycles. The van der Waals surface area contributed by atoms with Crippen molar-refractivity contribution < 1.29 is 19.0 Å². The van der Waals surface area contributed by atoms with E-state index in [0.29, 0.717) is 12.8 Å². The Morgan fingerprint density at radius 1 is 1.44 bits per heavy atom. The molecule has 0 aliphatic carbocycles. The van der Waals surface area contributed by atoms with E-state index in [4.69, 9.17) is 9.47 Å². The molecular weight excluding hydrogens is 232 g/mol. The predicted molar refractivity (Wildman–Crippen MR) is 67.7 cm³/mol. The average Bonchev–Trinajstić information content (AvgIpc) is 2.61. The van der Waals surface area contributed by atoms with Gasteiger partial charge in [-0.2, -0.15) is 0 Å². The summed E-state index contributed by atoms with van der Waals surface area (Å²) in [5.74, 6) is 4.99. The Morgan fingerprint density at radius 3 is 2.78 bits per heavy atom. The summed E-state index contributed by atoms with van der Waals surface area (Å²) in [6, 6.07) is 0. The zero-order valence-electron chi connectivity index (χ0n) is 11.4. The Hall–Kier alpha value is -1.31. The molecule has 4 nitrogen and oxygen atoms in total. The first-order valence-corrected chi connectivity index (χ1v) is 6.03. The minimum atomic E-state index is -0.657. The molecular formula is C14H20O4. The van der Waals surface area contributed by atoms with Gasteiger partial charge >= 0.3 is 5.97 Å². The maximum Gasteiger partial charge on any atom is 0.305 e. The molecule has 100 valence electrons. The summed E-state index contributed by atoms with van der Waals surface area (Å²) in [5.41, 5.74) is 0. The number of carbonyl (C=O) groups excluding carboxylic acids is 1. The zero-order chi connectivity index (χ0) is 13.6. The van der Waals surface area contributed by atoms with Crippen LogP contribution in [-0.2, 0) is 19.0 Å². The van der Waals surface area contributed by atoms with Crippen molar-refractivity contribution in [2.45, 2.75) is 51.6 Å². The number of allylic oxidation sites excluding steroid dienone is 2. The zero-order valence-corrected chi connectivity index (χ0v) is 11.4. The first kappa shape index (κ1) is 14.7. The van der Waals surface area contributed by atoms with E-state index in [1.807, 2.05) is 26.8 Å². The van der Waals surface area contributed by atoms with Gasteiger partial charge in [-0.15, -0.1) is 0 Å². The SMILES string of the molecule is C/C=C/C#C[C@@H]1OC(C)(C)O[C@H]1CCC(=O)OC. The summed E-state index contributed by atoms with van der Waals surface area (Å²) in [7, 11) is 1.38. The number of hydrogen-bond donors (Lipinski definition) is 0. The molecule has 1 saturated heterocycles. The molecule has 18 heavy (non-hydrogen) atoms. The number of hydrogen-bond acceptors (Lipinski definition) is 4. The van der Waals surface area contributed by atoms with Crippen molar-refractivity contribution in [2.24, 2.45) is 0 Å². The van der Waals surface area contributed by atoms with E-state index in [-0.39, 0.29) is 18.2 Å². The van der Waals surface area contributed by atoms with Crippen LogP contribution in [0.2, 0.25) is 0 Å². The summed E-state index contributed by atoms with van der Waals surface area (Å²) in [4.78, 5) is 11.1. The van der Waals surface area contributed by atoms with E-state index >= 15 is 0 Å². The van der Waals surface area contributed by atoms with Crippen LogP contribution in [-0.4, -0.2) is 31.1 Å². The highest BCUT2D eigenvalue weighted by molar-refractivity contribution is 5.69. The summed E-state index contributed by atoms with van der Waals surface area (Å²) in [6.07, 6.45) is 3.97. The van der Waals surface area contributed by atoms with E-state index in [9.17, 15) is 4.79 Å². The van der Waals surface area contributed by atoms with Crippen molar-refractivity contribution in [3.63, 3.8) is 0 Å². The lowest BCUT2D eigenvalue weighted by Crippen LogP contribution is -2.22. The predicted octanol–water partition coefficient (Wildman–Crippen LogP) is 2.04. The van der Waals surface area contributed by atoms with Crippen LogP contribution in [0.15, 0.2) is 12.2 Å². The van der Waals surface area contributed by atoms with Crippen LogP contribution in [0.1, 0.15) is 33.6 Å². The minimum Gasteiger partial charge on any atom is -0.469 e. The molecule has 0 radical (unpaired) electrons. The third-order valence-corrected chi connectivity index (χ3v) is 2.52. The van der Waals surface area contributed by atoms with Gasteiger partial charge in [0.25, 0.3) is 0 Å². The van der Waals surface area contributed by atoms with Gasteiger partial charge in [0.15, 0.2) is 5.79 Å². The van der Waals surface area contributed by atoms with Crippen LogP contribution in [0.4, 0.5) is 0 Å². The summed E-state index contributed by atoms with van der Waals surface area (Å²) in [6.45, 7) is 5.59. The second kappa shape index (κ2) is 6.58. The van der Waals surface area contributed by atoms with Gasteiger partial charge in [-0.25, -0.2) is 0 Å². The van der Waals surface area contributed by atoms with E-state index < -0.39 is 5.79 Å². The van der Waals surface area contributed by atoms with Crippen LogP contribution in [0, 0.1) is 11.8 Å². The monoisotopic (exact) mass is 252 g/mol. The van der Waals surface area contributed by atoms with Crippen molar-refractivity contribution in [1.82, 2.24) is 0 Å². The summed E-state index contributed by atoms with van der Waals surface area (Å²) >= 11 is 0. The Labute approximate surface area is 108 Å². The van der Waals surface area contributed by atoms with Crippen LogP contribution < -0.4 is 0 Å². The first-order valence-electron chi connectivity index (χ1n) is 6.03. The summed E-state index contributed by atoms with van der Waals surface area (Å²) in [5, 5.41) is 0. The molecule has 1 heterocycles. The number of ether oxygens (including phenoxy) is 3. The standard InChI is InChI=1S/C14H20O4/c1-5-6-7-8-11-12(9-10-13(15)16-4)18-14(2,3)17-11/h5-6,11-12H,9-10H2,1-4H3/b6-5+/t11-,12-/m0/s1. The van der Waals surface area contributed by atoms with E-state index in [1.165, 1.54) is 7.11 Å². The maximum atomic E-state index is 11.1. The quantitative estimate of drug-likeness (QED) is 0.569. The minimum absolute atomic E-state index is 0.197. The molecule has 0 aromatic heterocycles. The smallest absolute Gasteiger partial charge is 0.305 e. The molecule has 0 aromatic carbocycles. The van der Waals surface area contributed by atoms with Crippen LogP contribution in [0.25, 0.3) is 0 Å². The van der Waals surface area contributed by atoms with Gasteiger partial charge in [-0.3, -0.25) is 4.79 Å². The molecule has 4 heteroatoms. The fourth-order valence-corrected chi connectivity index (χ4v) is 1.74. The highest BCUT2D eigenvalue weighted by atomic mass is 16.7. The van der Waals surface area contributed by atoms with Crippen molar-refractivity contribution in [3.8, 4) is 11.8 Å². The Morgan fingerprint density at radius 2 is 2.17 bits per heavy atom. The second-order valence-electron chi connectivity index (χ2n) is 4.50. The third kappa shape index (κ3) is 4.52. The molecule has 0 aromatic rings. The van der Waals surface area contributed by atoms with E-state index in [1.54, 1.807) is 6.08 Å². The number of rotatable bonds is 3. The largest absolute Gasteiger partial charge is 0.469 e. The highest BCUT2D eigenvalue weighted by Gasteiger charge is 2.40. The lowest BCUT2D eigenvalue weighted by molar-refractivity contribution is -0.148. The average molecular weight is 252 g/mol. The molecule has 0 spiro atoms. The topological polar surface area (TPSA) is 44.8 Å². The maximum absolute atomic E-state index is 11.1. The van der Waals surface area contributed by atoms with Gasteiger partial charge < -0.3 is 14.2 Å². The Balaban J connectivity index is 2.62. The molecule has 2 atom stereocenters. The Bertz CT molecular complexity index is 373. The fourth-order valence-electron chi connectivity index (χ4n) is 1.74. The first-order chi connectivity index (χ1) is 8.48. The lowest BCUT2D eigenvalue weighted by atomic mass is 10.1. The van der Waals surface area contributed by atoms with Crippen LogP contribution in [0.5, 0.6) is 0 Å². The van der Waals surface area contributed by atoms with Gasteiger partial charge in [0.1, 0.15) is 6.10 Å².